The molecule has 4 aliphatic carbocycles. The average molecular weight is 630 g/mol. The minimum absolute atomic E-state index is 0.0787. The number of fused-ring (bicyclic) bond motifs is 5. The van der Waals surface area contributed by atoms with Crippen LogP contribution in [0.3, 0.4) is 0 Å². The predicted octanol–water partition coefficient (Wildman–Crippen LogP) is 3.10. The second kappa shape index (κ2) is 12.7. The lowest BCUT2D eigenvalue weighted by Gasteiger charge is -2.62. The van der Waals surface area contributed by atoms with Gasteiger partial charge in [0.15, 0.2) is 23.8 Å². The largest absolute Gasteiger partial charge is 0.442 e. The Morgan fingerprint density at radius 2 is 1.84 bits per heavy atom. The van der Waals surface area contributed by atoms with E-state index < -0.39 is 58.4 Å². The van der Waals surface area contributed by atoms with Gasteiger partial charge in [-0.05, 0) is 73.6 Å². The number of carbonyl (C=O) groups excluding carboxylic acids is 4. The zero-order chi connectivity index (χ0) is 32.6. The molecule has 0 bridgehead atoms. The lowest BCUT2D eigenvalue weighted by Crippen LogP contribution is -2.66. The monoisotopic (exact) mass is 629 g/mol. The van der Waals surface area contributed by atoms with Crippen LogP contribution in [-0.4, -0.2) is 69.4 Å². The smallest absolute Gasteiger partial charge is 0.408 e. The molecule has 13 heteroatoms. The number of alkyl halides is 1. The number of Topliss-reactive ketones (excluding diaryl/α,β-unsaturated/α-hetero) is 1. The fraction of sp³-hybridized carbons (Fsp3) is 0.562. The summed E-state index contributed by atoms with van der Waals surface area (Å²) < 4.78 is 22.3. The van der Waals surface area contributed by atoms with Gasteiger partial charge in [0.2, 0.25) is 5.91 Å². The van der Waals surface area contributed by atoms with Crippen LogP contribution in [0, 0.1) is 28.6 Å². The number of ether oxygens (including phenoxy) is 1. The molecular formula is C32H40FN3O9. The van der Waals surface area contributed by atoms with Gasteiger partial charge < -0.3 is 20.5 Å². The molecular weight excluding hydrogens is 589 g/mol. The number of halogens is 1. The van der Waals surface area contributed by atoms with Crippen molar-refractivity contribution < 1.29 is 48.7 Å². The zero-order valence-electron chi connectivity index (χ0n) is 25.3. The first kappa shape index (κ1) is 32.9. The Morgan fingerprint density at radius 3 is 2.60 bits per heavy atom. The van der Waals surface area contributed by atoms with Crippen LogP contribution in [0.25, 0.3) is 0 Å². The van der Waals surface area contributed by atoms with Crippen molar-refractivity contribution in [3.05, 3.63) is 59.2 Å². The highest BCUT2D eigenvalue weighted by Crippen LogP contribution is 2.68. The molecule has 0 aliphatic heterocycles. The molecule has 2 amide bonds. The molecule has 0 saturated heterocycles. The number of aliphatic hydroxyl groups excluding tert-OH is 1. The van der Waals surface area contributed by atoms with E-state index in [4.69, 9.17) is 15.2 Å². The molecule has 0 spiro atoms. The number of alkyl carbamates (subject to hydrolysis) is 1. The number of carbonyl (C=O) groups is 4. The third kappa shape index (κ3) is 6.19. The summed E-state index contributed by atoms with van der Waals surface area (Å²) >= 11 is 0. The summed E-state index contributed by atoms with van der Waals surface area (Å²) in [6.45, 7) is 2.83. The first-order valence-electron chi connectivity index (χ1n) is 15.2. The number of aliphatic hydroxyl groups is 1. The molecule has 12 nitrogen and oxygen atoms in total. The van der Waals surface area contributed by atoms with Crippen LogP contribution in [0.4, 0.5) is 9.18 Å². The molecule has 3 unspecified atom stereocenters. The van der Waals surface area contributed by atoms with Crippen molar-refractivity contribution in [1.29, 1.82) is 0 Å². The molecule has 5 rings (SSSR count). The molecule has 0 aromatic heterocycles. The Morgan fingerprint density at radius 1 is 1.09 bits per heavy atom. The van der Waals surface area contributed by atoms with E-state index in [0.717, 1.165) is 0 Å². The number of benzene rings is 1. The molecule has 5 N–H and O–H groups in total. The Balaban J connectivity index is 1.11. The Hall–Kier alpha value is -3.49. The van der Waals surface area contributed by atoms with Gasteiger partial charge in [-0.1, -0.05) is 42.8 Å². The van der Waals surface area contributed by atoms with Crippen LogP contribution in [0.5, 0.6) is 0 Å². The van der Waals surface area contributed by atoms with E-state index in [-0.39, 0.29) is 43.6 Å². The van der Waals surface area contributed by atoms with E-state index in [1.54, 1.807) is 37.3 Å². The zero-order valence-corrected chi connectivity index (χ0v) is 25.3. The first-order valence-corrected chi connectivity index (χ1v) is 15.2. The maximum atomic E-state index is 17.2. The maximum Gasteiger partial charge on any atom is 0.408 e. The van der Waals surface area contributed by atoms with Gasteiger partial charge in [-0.15, -0.1) is 0 Å². The molecule has 0 heterocycles. The normalized spacial score (nSPS) is 33.5. The van der Waals surface area contributed by atoms with E-state index in [0.29, 0.717) is 42.4 Å². The first-order chi connectivity index (χ1) is 21.3. The minimum atomic E-state index is -1.97. The van der Waals surface area contributed by atoms with Gasteiger partial charge in [0.05, 0.1) is 18.1 Å². The Kier molecular flexibility index (Phi) is 9.30. The van der Waals surface area contributed by atoms with Gasteiger partial charge in [-0.3, -0.25) is 24.8 Å². The van der Waals surface area contributed by atoms with E-state index >= 15 is 4.39 Å². The van der Waals surface area contributed by atoms with E-state index in [9.17, 15) is 24.3 Å². The van der Waals surface area contributed by atoms with Crippen LogP contribution in [0.2, 0.25) is 0 Å². The summed E-state index contributed by atoms with van der Waals surface area (Å²) in [5.74, 6) is -2.15. The van der Waals surface area contributed by atoms with Crippen molar-refractivity contribution in [2.75, 3.05) is 13.2 Å². The number of amides is 2. The lowest BCUT2D eigenvalue weighted by molar-refractivity contribution is -0.497. The van der Waals surface area contributed by atoms with Crippen LogP contribution in [-0.2, 0) is 37.1 Å². The van der Waals surface area contributed by atoms with Crippen molar-refractivity contribution in [1.82, 2.24) is 16.0 Å². The third-order valence-corrected chi connectivity index (χ3v) is 10.6. The highest BCUT2D eigenvalue weighted by molar-refractivity contribution is 6.01. The fourth-order valence-corrected chi connectivity index (χ4v) is 8.40. The van der Waals surface area contributed by atoms with Crippen LogP contribution >= 0.6 is 0 Å². The summed E-state index contributed by atoms with van der Waals surface area (Å²) in [6.07, 6.45) is 4.41. The van der Waals surface area contributed by atoms with Gasteiger partial charge in [-0.25, -0.2) is 14.0 Å². The van der Waals surface area contributed by atoms with E-state index in [1.165, 1.54) is 12.2 Å². The fourth-order valence-electron chi connectivity index (χ4n) is 8.40. The summed E-state index contributed by atoms with van der Waals surface area (Å²) in [7, 11) is 0. The summed E-state index contributed by atoms with van der Waals surface area (Å²) in [4.78, 5) is 54.4. The number of nitrogens with one attached hydrogen (secondary N) is 2. The maximum absolute atomic E-state index is 17.2. The predicted molar refractivity (Wildman–Crippen MR) is 155 cm³/mol. The molecule has 1 aromatic carbocycles. The van der Waals surface area contributed by atoms with Crippen LogP contribution in [0.1, 0.15) is 57.1 Å². The van der Waals surface area contributed by atoms with Gasteiger partial charge in [0.25, 0.3) is 0 Å². The third-order valence-electron chi connectivity index (χ3n) is 10.6. The molecule has 3 saturated carbocycles. The highest BCUT2D eigenvalue weighted by Gasteiger charge is 2.70. The molecule has 45 heavy (non-hydrogen) atoms. The second-order valence-electron chi connectivity index (χ2n) is 13.0. The molecule has 4 aliphatic rings. The van der Waals surface area contributed by atoms with Crippen molar-refractivity contribution in [3.63, 3.8) is 0 Å². The van der Waals surface area contributed by atoms with Gasteiger partial charge in [0, 0.05) is 23.8 Å². The number of nitrogens with zero attached hydrogens (tertiary/aromatic N) is 1. The lowest BCUT2D eigenvalue weighted by atomic mass is 9.45. The number of allylic oxidation sites excluding steroid dienone is 4. The molecule has 0 radical (unpaired) electrons. The number of rotatable bonds is 10. The van der Waals surface area contributed by atoms with Crippen molar-refractivity contribution in [3.8, 4) is 0 Å². The molecule has 7 atom stereocenters. The van der Waals surface area contributed by atoms with E-state index in [2.05, 4.69) is 15.5 Å². The average Bonchev–Trinajstić information content (AvgIpc) is 3.34. The summed E-state index contributed by atoms with van der Waals surface area (Å²) in [5, 5.41) is 33.3. The van der Waals surface area contributed by atoms with Crippen molar-refractivity contribution >= 4 is 23.6 Å². The topological polar surface area (TPSA) is 175 Å². The Bertz CT molecular complexity index is 1420. The standard InChI is InChI=1S/C32H40FN3O9/c1-30-14-27(39)32(33)24(7-6-21-13-22(37)10-11-31(21,32)2)23(30)8-9-25(30)26(38)18-44-29(41)35-16-28(40)34-15-19-4-3-5-20(12-19)17-45-36(42)43/h3-5,10-13,23-25,27,39,42-43H,6-9,14-18H2,1-2H3,(H,34,40)(H,35,41)/t23?,24-,25?,27-,30-,31-,32?/m0/s1. The number of hydrogen-bond donors (Lipinski definition) is 5. The molecule has 3 fully saturated rings. The molecule has 1 aromatic rings. The van der Waals surface area contributed by atoms with Crippen molar-refractivity contribution in [2.24, 2.45) is 28.6 Å². The Labute approximate surface area is 260 Å². The van der Waals surface area contributed by atoms with E-state index in [1.807, 2.05) is 6.92 Å². The highest BCUT2D eigenvalue weighted by atomic mass is 19.1. The SMILES string of the molecule is C[C@]12C[C@H](O)C3(F)[C@@H](CCC4=CC(=O)C=C[C@@]43C)C1CCC2C(=O)COC(=O)NCC(=O)NCc1cccc(CON(O)O)c1. The van der Waals surface area contributed by atoms with Gasteiger partial charge >= 0.3 is 6.09 Å². The van der Waals surface area contributed by atoms with Crippen molar-refractivity contribution in [2.45, 2.75) is 70.9 Å². The van der Waals surface area contributed by atoms with Gasteiger partial charge in [-0.2, -0.15) is 0 Å². The number of ketones is 2. The second-order valence-corrected chi connectivity index (χ2v) is 13.0. The van der Waals surface area contributed by atoms with Crippen LogP contribution < -0.4 is 10.6 Å². The number of hydrogen-bond acceptors (Lipinski definition) is 10. The van der Waals surface area contributed by atoms with Crippen LogP contribution in [0.15, 0.2) is 48.1 Å². The summed E-state index contributed by atoms with van der Waals surface area (Å²) in [5.41, 5.74) is -1.69. The minimum Gasteiger partial charge on any atom is -0.442 e. The summed E-state index contributed by atoms with van der Waals surface area (Å²) in [6, 6.07) is 6.85. The quantitative estimate of drug-likeness (QED) is 0.242. The molecule has 244 valence electrons. The van der Waals surface area contributed by atoms with Gasteiger partial charge in [0.1, 0.15) is 6.54 Å².